The first kappa shape index (κ1) is 18.7. The molecule has 2 aromatic carbocycles. The molecule has 26 heavy (non-hydrogen) atoms. The molecule has 9 heteroatoms. The molecule has 0 aliphatic carbocycles. The number of ether oxygens (including phenoxy) is 2. The summed E-state index contributed by atoms with van der Waals surface area (Å²) in [5.74, 6) is 1.40. The van der Waals surface area contributed by atoms with Crippen LogP contribution in [-0.2, 0) is 5.75 Å². The predicted molar refractivity (Wildman–Crippen MR) is 96.6 cm³/mol. The number of hydrogen-bond donors (Lipinski definition) is 0. The lowest BCUT2D eigenvalue weighted by atomic mass is 10.2. The van der Waals surface area contributed by atoms with Crippen molar-refractivity contribution < 1.29 is 22.8 Å². The van der Waals surface area contributed by atoms with Crippen LogP contribution in [0.2, 0.25) is 0 Å². The predicted octanol–water partition coefficient (Wildman–Crippen LogP) is 5.40. The summed E-state index contributed by atoms with van der Waals surface area (Å²) in [6.45, 7) is -2.93. The third kappa shape index (κ3) is 4.53. The summed E-state index contributed by atoms with van der Waals surface area (Å²) in [5, 5.41) is 3.93. The zero-order valence-electron chi connectivity index (χ0n) is 13.5. The summed E-state index contributed by atoms with van der Waals surface area (Å²) in [7, 11) is 1.37. The normalized spacial score (nSPS) is 11.0. The second-order valence-corrected chi connectivity index (χ2v) is 6.85. The van der Waals surface area contributed by atoms with Gasteiger partial charge in [0.25, 0.3) is 0 Å². The van der Waals surface area contributed by atoms with Gasteiger partial charge in [0.1, 0.15) is 0 Å². The average molecular weight is 443 g/mol. The highest BCUT2D eigenvalue weighted by molar-refractivity contribution is 9.10. The fourth-order valence-corrected chi connectivity index (χ4v) is 3.54. The zero-order chi connectivity index (χ0) is 18.5. The number of alkyl halides is 2. The Labute approximate surface area is 160 Å². The Bertz CT molecular complexity index is 892. The Morgan fingerprint density at radius 2 is 2.00 bits per heavy atom. The second-order valence-electron chi connectivity index (χ2n) is 4.97. The number of aromatic nitrogens is 2. The fourth-order valence-electron chi connectivity index (χ4n) is 2.13. The van der Waals surface area contributed by atoms with E-state index in [0.717, 1.165) is 9.37 Å². The summed E-state index contributed by atoms with van der Waals surface area (Å²) in [6, 6.07) is 12.3. The average Bonchev–Trinajstić information content (AvgIpc) is 3.10. The molecule has 0 saturated heterocycles. The summed E-state index contributed by atoms with van der Waals surface area (Å²) < 4.78 is 40.5. The lowest BCUT2D eigenvalue weighted by Gasteiger charge is -2.10. The largest absolute Gasteiger partial charge is 0.493 e. The Balaban J connectivity index is 1.74. The van der Waals surface area contributed by atoms with E-state index in [-0.39, 0.29) is 11.5 Å². The molecule has 3 aromatic rings. The molecule has 0 amide bonds. The molecular weight excluding hydrogens is 430 g/mol. The van der Waals surface area contributed by atoms with Crippen molar-refractivity contribution in [3.8, 4) is 22.9 Å². The van der Waals surface area contributed by atoms with Crippen LogP contribution in [-0.4, -0.2) is 23.9 Å². The molecule has 0 spiro atoms. The van der Waals surface area contributed by atoms with Gasteiger partial charge in [-0.05, 0) is 46.3 Å². The second kappa shape index (κ2) is 8.50. The van der Waals surface area contributed by atoms with E-state index in [1.165, 1.54) is 19.2 Å². The van der Waals surface area contributed by atoms with Gasteiger partial charge in [0, 0.05) is 14.9 Å². The van der Waals surface area contributed by atoms with E-state index in [4.69, 9.17) is 9.26 Å². The van der Waals surface area contributed by atoms with E-state index < -0.39 is 6.61 Å². The maximum absolute atomic E-state index is 12.4. The number of nitrogens with zero attached hydrogens (tertiary/aromatic N) is 2. The number of methoxy groups -OCH3 is 1. The van der Waals surface area contributed by atoms with Crippen LogP contribution < -0.4 is 9.47 Å². The first-order valence-electron chi connectivity index (χ1n) is 7.40. The van der Waals surface area contributed by atoms with Crippen molar-refractivity contribution in [2.75, 3.05) is 7.11 Å². The molecule has 136 valence electrons. The molecule has 5 nitrogen and oxygen atoms in total. The van der Waals surface area contributed by atoms with Gasteiger partial charge in [-0.1, -0.05) is 17.3 Å². The summed E-state index contributed by atoms with van der Waals surface area (Å²) >= 11 is 5.04. The van der Waals surface area contributed by atoms with Crippen molar-refractivity contribution in [1.82, 2.24) is 10.1 Å². The first-order valence-corrected chi connectivity index (χ1v) is 9.18. The van der Waals surface area contributed by atoms with E-state index in [9.17, 15) is 8.78 Å². The number of halogens is 3. The summed E-state index contributed by atoms with van der Waals surface area (Å²) in [4.78, 5) is 5.39. The monoisotopic (exact) mass is 442 g/mol. The molecule has 0 fully saturated rings. The van der Waals surface area contributed by atoms with Crippen LogP contribution >= 0.6 is 27.7 Å². The first-order chi connectivity index (χ1) is 12.6. The van der Waals surface area contributed by atoms with Gasteiger partial charge in [0.05, 0.1) is 12.9 Å². The van der Waals surface area contributed by atoms with Crippen molar-refractivity contribution in [1.29, 1.82) is 0 Å². The van der Waals surface area contributed by atoms with Crippen LogP contribution in [0, 0.1) is 0 Å². The van der Waals surface area contributed by atoms with Gasteiger partial charge in [0.2, 0.25) is 11.7 Å². The summed E-state index contributed by atoms with van der Waals surface area (Å²) in [6.07, 6.45) is 0. The Hall–Kier alpha value is -2.13. The van der Waals surface area contributed by atoms with Crippen molar-refractivity contribution in [3.63, 3.8) is 0 Å². The highest BCUT2D eigenvalue weighted by Crippen LogP contribution is 2.33. The van der Waals surface area contributed by atoms with Crippen LogP contribution in [0.25, 0.3) is 11.4 Å². The number of hydrogen-bond acceptors (Lipinski definition) is 6. The summed E-state index contributed by atoms with van der Waals surface area (Å²) in [5.41, 5.74) is 0.573. The molecule has 0 aliphatic heterocycles. The smallest absolute Gasteiger partial charge is 0.387 e. The molecule has 3 rings (SSSR count). The van der Waals surface area contributed by atoms with Crippen molar-refractivity contribution in [2.24, 2.45) is 0 Å². The van der Waals surface area contributed by atoms with Crippen molar-refractivity contribution in [2.45, 2.75) is 17.3 Å². The number of thioether (sulfide) groups is 1. The standard InChI is InChI=1S/C17H13BrF2N2O3S/c1-23-13-8-10(6-7-12(13)24-17(19)20)16-21-15(25-22-16)9-26-14-5-3-2-4-11(14)18/h2-8,17H,9H2,1H3. The topological polar surface area (TPSA) is 57.4 Å². The van der Waals surface area contributed by atoms with E-state index in [0.29, 0.717) is 23.0 Å². The minimum atomic E-state index is -2.93. The highest BCUT2D eigenvalue weighted by atomic mass is 79.9. The van der Waals surface area contributed by atoms with E-state index in [1.54, 1.807) is 17.8 Å². The third-order valence-corrected chi connectivity index (χ3v) is 5.31. The molecule has 0 saturated carbocycles. The number of rotatable bonds is 7. The molecule has 0 unspecified atom stereocenters. The van der Waals surface area contributed by atoms with Gasteiger partial charge >= 0.3 is 6.61 Å². The lowest BCUT2D eigenvalue weighted by molar-refractivity contribution is -0.0512. The molecule has 1 aromatic heterocycles. The van der Waals surface area contributed by atoms with Crippen LogP contribution in [0.5, 0.6) is 11.5 Å². The van der Waals surface area contributed by atoms with E-state index in [2.05, 4.69) is 30.8 Å². The van der Waals surface area contributed by atoms with Crippen LogP contribution in [0.4, 0.5) is 8.78 Å². The minimum absolute atomic E-state index is 0.0561. The zero-order valence-corrected chi connectivity index (χ0v) is 15.9. The van der Waals surface area contributed by atoms with Crippen molar-refractivity contribution in [3.05, 3.63) is 52.8 Å². The molecule has 0 bridgehead atoms. The molecule has 0 aliphatic rings. The van der Waals surface area contributed by atoms with E-state index in [1.807, 2.05) is 24.3 Å². The Morgan fingerprint density at radius 3 is 2.73 bits per heavy atom. The minimum Gasteiger partial charge on any atom is -0.493 e. The number of benzene rings is 2. The van der Waals surface area contributed by atoms with E-state index >= 15 is 0 Å². The van der Waals surface area contributed by atoms with Crippen LogP contribution in [0.3, 0.4) is 0 Å². The van der Waals surface area contributed by atoms with Gasteiger partial charge < -0.3 is 14.0 Å². The van der Waals surface area contributed by atoms with Gasteiger partial charge in [-0.2, -0.15) is 13.8 Å². The van der Waals surface area contributed by atoms with Gasteiger partial charge in [-0.25, -0.2) is 0 Å². The maximum atomic E-state index is 12.4. The highest BCUT2D eigenvalue weighted by Gasteiger charge is 2.15. The Kier molecular flexibility index (Phi) is 6.10. The lowest BCUT2D eigenvalue weighted by Crippen LogP contribution is -2.03. The maximum Gasteiger partial charge on any atom is 0.387 e. The molecule has 0 radical (unpaired) electrons. The third-order valence-electron chi connectivity index (χ3n) is 3.29. The van der Waals surface area contributed by atoms with Crippen LogP contribution in [0.1, 0.15) is 5.89 Å². The Morgan fingerprint density at radius 1 is 1.19 bits per heavy atom. The molecule has 0 N–H and O–H groups in total. The van der Waals surface area contributed by atoms with Crippen molar-refractivity contribution >= 4 is 27.7 Å². The fraction of sp³-hybridized carbons (Fsp3) is 0.176. The molecule has 0 atom stereocenters. The van der Waals surface area contributed by atoms with Gasteiger partial charge in [0.15, 0.2) is 11.5 Å². The molecular formula is C17H13BrF2N2O3S. The van der Waals surface area contributed by atoms with Gasteiger partial charge in [-0.3, -0.25) is 0 Å². The molecule has 1 heterocycles. The quantitative estimate of drug-likeness (QED) is 0.456. The van der Waals surface area contributed by atoms with Gasteiger partial charge in [-0.15, -0.1) is 11.8 Å². The van der Waals surface area contributed by atoms with Crippen LogP contribution in [0.15, 0.2) is 56.4 Å². The SMILES string of the molecule is COc1cc(-c2noc(CSc3ccccc3Br)n2)ccc1OC(F)F.